The molecule has 2 aromatic rings. The van der Waals surface area contributed by atoms with E-state index in [0.29, 0.717) is 10.7 Å². The lowest BCUT2D eigenvalue weighted by atomic mass is 10.2. The maximum absolute atomic E-state index is 12.5. The minimum absolute atomic E-state index is 0.0596. The van der Waals surface area contributed by atoms with Gasteiger partial charge in [-0.15, -0.1) is 0 Å². The molecule has 1 unspecified atom stereocenters. The first-order chi connectivity index (χ1) is 12.4. The van der Waals surface area contributed by atoms with Gasteiger partial charge in [0.2, 0.25) is 11.8 Å². The van der Waals surface area contributed by atoms with Crippen LogP contribution >= 0.6 is 11.6 Å². The molecular weight excluding hydrogens is 350 g/mol. The quantitative estimate of drug-likeness (QED) is 0.703. The SMILES string of the molecule is Cc1c(Cl)cccc1NC(=O)C(C)Nc1cccc(NC(=O)C2CC2)c1. The molecule has 1 fully saturated rings. The van der Waals surface area contributed by atoms with E-state index in [9.17, 15) is 9.59 Å². The number of rotatable bonds is 6. The standard InChI is InChI=1S/C20H22ClN3O2/c1-12-17(21)7-4-8-18(12)24-19(25)13(2)22-15-5-3-6-16(11-15)23-20(26)14-9-10-14/h3-8,11,13-14,22H,9-10H2,1-2H3,(H,23,26)(H,24,25). The molecule has 5 nitrogen and oxygen atoms in total. The zero-order valence-electron chi connectivity index (χ0n) is 14.8. The van der Waals surface area contributed by atoms with Crippen molar-refractivity contribution in [3.05, 3.63) is 53.1 Å². The molecule has 0 radical (unpaired) electrons. The number of nitrogens with one attached hydrogen (secondary N) is 3. The first-order valence-electron chi connectivity index (χ1n) is 8.67. The van der Waals surface area contributed by atoms with Gasteiger partial charge in [0.05, 0.1) is 0 Å². The summed E-state index contributed by atoms with van der Waals surface area (Å²) in [6.07, 6.45) is 1.92. The molecule has 136 valence electrons. The fourth-order valence-electron chi connectivity index (χ4n) is 2.58. The molecule has 1 atom stereocenters. The molecule has 0 bridgehead atoms. The third-order valence-corrected chi connectivity index (χ3v) is 4.79. The molecule has 1 aliphatic carbocycles. The van der Waals surface area contributed by atoms with Crippen LogP contribution in [-0.2, 0) is 9.59 Å². The zero-order chi connectivity index (χ0) is 18.7. The molecule has 0 heterocycles. The molecule has 0 aromatic heterocycles. The van der Waals surface area contributed by atoms with Crippen LogP contribution in [0.5, 0.6) is 0 Å². The third-order valence-electron chi connectivity index (χ3n) is 4.38. The zero-order valence-corrected chi connectivity index (χ0v) is 15.6. The number of halogens is 1. The average molecular weight is 372 g/mol. The van der Waals surface area contributed by atoms with Gasteiger partial charge in [-0.25, -0.2) is 0 Å². The molecule has 2 aromatic carbocycles. The third kappa shape index (κ3) is 4.55. The monoisotopic (exact) mass is 371 g/mol. The second-order valence-corrected chi connectivity index (χ2v) is 7.02. The van der Waals surface area contributed by atoms with E-state index in [0.717, 1.165) is 29.8 Å². The van der Waals surface area contributed by atoms with Gasteiger partial charge in [0.1, 0.15) is 6.04 Å². The van der Waals surface area contributed by atoms with Gasteiger partial charge in [0, 0.05) is 28.0 Å². The number of benzene rings is 2. The number of carbonyl (C=O) groups excluding carboxylic acids is 2. The highest BCUT2D eigenvalue weighted by atomic mass is 35.5. The lowest BCUT2D eigenvalue weighted by Crippen LogP contribution is -2.32. The predicted molar refractivity (Wildman–Crippen MR) is 106 cm³/mol. The molecule has 2 amide bonds. The highest BCUT2D eigenvalue weighted by Crippen LogP contribution is 2.30. The van der Waals surface area contributed by atoms with Gasteiger partial charge in [0.15, 0.2) is 0 Å². The lowest BCUT2D eigenvalue weighted by Gasteiger charge is -2.17. The Morgan fingerprint density at radius 1 is 1.08 bits per heavy atom. The Morgan fingerprint density at radius 2 is 1.77 bits per heavy atom. The Kier molecular flexibility index (Phi) is 5.47. The van der Waals surface area contributed by atoms with E-state index in [1.54, 1.807) is 19.1 Å². The van der Waals surface area contributed by atoms with Crippen LogP contribution in [0.4, 0.5) is 17.1 Å². The molecule has 1 aliphatic rings. The average Bonchev–Trinajstić information content (AvgIpc) is 3.44. The van der Waals surface area contributed by atoms with E-state index >= 15 is 0 Å². The Hall–Kier alpha value is -2.53. The van der Waals surface area contributed by atoms with Crippen molar-refractivity contribution in [3.63, 3.8) is 0 Å². The van der Waals surface area contributed by atoms with Crippen molar-refractivity contribution >= 4 is 40.5 Å². The van der Waals surface area contributed by atoms with E-state index in [1.807, 2.05) is 37.3 Å². The summed E-state index contributed by atoms with van der Waals surface area (Å²) in [7, 11) is 0. The molecule has 0 spiro atoms. The normalized spacial score (nSPS) is 14.4. The van der Waals surface area contributed by atoms with Crippen molar-refractivity contribution < 1.29 is 9.59 Å². The highest BCUT2D eigenvalue weighted by Gasteiger charge is 2.29. The van der Waals surface area contributed by atoms with Crippen LogP contribution in [0.15, 0.2) is 42.5 Å². The number of carbonyl (C=O) groups is 2. The minimum Gasteiger partial charge on any atom is -0.374 e. The van der Waals surface area contributed by atoms with Gasteiger partial charge in [-0.1, -0.05) is 23.7 Å². The Labute approximate surface area is 158 Å². The van der Waals surface area contributed by atoms with Gasteiger partial charge in [-0.05, 0) is 62.6 Å². The van der Waals surface area contributed by atoms with Gasteiger partial charge in [0.25, 0.3) is 0 Å². The maximum Gasteiger partial charge on any atom is 0.246 e. The summed E-state index contributed by atoms with van der Waals surface area (Å²) in [5.41, 5.74) is 3.02. The summed E-state index contributed by atoms with van der Waals surface area (Å²) in [5, 5.41) is 9.56. The van der Waals surface area contributed by atoms with E-state index in [-0.39, 0.29) is 17.7 Å². The van der Waals surface area contributed by atoms with Crippen LogP contribution in [0.3, 0.4) is 0 Å². The van der Waals surface area contributed by atoms with Gasteiger partial charge in [-0.2, -0.15) is 0 Å². The van der Waals surface area contributed by atoms with Crippen molar-refractivity contribution in [3.8, 4) is 0 Å². The molecule has 26 heavy (non-hydrogen) atoms. The molecule has 0 saturated heterocycles. The summed E-state index contributed by atoms with van der Waals surface area (Å²) in [6, 6.07) is 12.3. The maximum atomic E-state index is 12.5. The Morgan fingerprint density at radius 3 is 2.50 bits per heavy atom. The fourth-order valence-corrected chi connectivity index (χ4v) is 2.75. The number of hydrogen-bond donors (Lipinski definition) is 3. The first-order valence-corrected chi connectivity index (χ1v) is 9.05. The molecule has 0 aliphatic heterocycles. The molecule has 6 heteroatoms. The first kappa shape index (κ1) is 18.3. The largest absolute Gasteiger partial charge is 0.374 e. The van der Waals surface area contributed by atoms with Crippen LogP contribution in [-0.4, -0.2) is 17.9 Å². The Balaban J connectivity index is 1.61. The van der Waals surface area contributed by atoms with Crippen molar-refractivity contribution in [1.82, 2.24) is 0 Å². The van der Waals surface area contributed by atoms with Crippen LogP contribution in [0.2, 0.25) is 5.02 Å². The van der Waals surface area contributed by atoms with Gasteiger partial charge in [-0.3, -0.25) is 9.59 Å². The summed E-state index contributed by atoms with van der Waals surface area (Å²) >= 11 is 6.09. The van der Waals surface area contributed by atoms with Crippen LogP contribution in [0, 0.1) is 12.8 Å². The van der Waals surface area contributed by atoms with Crippen LogP contribution in [0.25, 0.3) is 0 Å². The molecule has 3 rings (SSSR count). The summed E-state index contributed by atoms with van der Waals surface area (Å²) in [6.45, 7) is 3.65. The minimum atomic E-state index is -0.456. The van der Waals surface area contributed by atoms with Crippen molar-refractivity contribution in [2.75, 3.05) is 16.0 Å². The molecule has 1 saturated carbocycles. The van der Waals surface area contributed by atoms with Crippen molar-refractivity contribution in [2.45, 2.75) is 32.7 Å². The van der Waals surface area contributed by atoms with Crippen molar-refractivity contribution in [1.29, 1.82) is 0 Å². The second-order valence-electron chi connectivity index (χ2n) is 6.61. The fraction of sp³-hybridized carbons (Fsp3) is 0.300. The van der Waals surface area contributed by atoms with Crippen LogP contribution in [0.1, 0.15) is 25.3 Å². The second kappa shape index (κ2) is 7.79. The van der Waals surface area contributed by atoms with Crippen molar-refractivity contribution in [2.24, 2.45) is 5.92 Å². The number of anilines is 3. The number of hydrogen-bond acceptors (Lipinski definition) is 3. The number of amides is 2. The molecular formula is C20H22ClN3O2. The lowest BCUT2D eigenvalue weighted by molar-refractivity contribution is -0.117. The van der Waals surface area contributed by atoms with E-state index < -0.39 is 6.04 Å². The molecule has 3 N–H and O–H groups in total. The predicted octanol–water partition coefficient (Wildman–Crippen LogP) is 4.44. The summed E-state index contributed by atoms with van der Waals surface area (Å²) in [4.78, 5) is 24.3. The smallest absolute Gasteiger partial charge is 0.246 e. The Bertz CT molecular complexity index is 834. The summed E-state index contributed by atoms with van der Waals surface area (Å²) < 4.78 is 0. The van der Waals surface area contributed by atoms with Crippen LogP contribution < -0.4 is 16.0 Å². The summed E-state index contributed by atoms with van der Waals surface area (Å²) in [5.74, 6) is 0.0458. The highest BCUT2D eigenvalue weighted by molar-refractivity contribution is 6.31. The van der Waals surface area contributed by atoms with Gasteiger partial charge < -0.3 is 16.0 Å². The van der Waals surface area contributed by atoms with E-state index in [2.05, 4.69) is 16.0 Å². The van der Waals surface area contributed by atoms with Gasteiger partial charge >= 0.3 is 0 Å². The van der Waals surface area contributed by atoms with E-state index in [1.165, 1.54) is 0 Å². The van der Waals surface area contributed by atoms with E-state index in [4.69, 9.17) is 11.6 Å². The topological polar surface area (TPSA) is 70.2 Å².